The molecule has 0 radical (unpaired) electrons. The van der Waals surface area contributed by atoms with E-state index in [4.69, 9.17) is 11.4 Å². The maximum Gasteiger partial charge on any atom is 0.286 e. The predicted octanol–water partition coefficient (Wildman–Crippen LogP) is 0.521. The van der Waals surface area contributed by atoms with Crippen LogP contribution in [0.25, 0.3) is 10.4 Å². The molecule has 1 amide bonds. The zero-order valence-corrected chi connectivity index (χ0v) is 13.3. The number of rotatable bonds is 9. The standard InChI is InChI=1S/C12H14N10O4/c13-20-15-6-9-10(12(23)22(14)7(4-16-24)5-17-25)21-3-1-2-8(19-26)11(21)18-9/h1-3,7,11,18H,4-6,14H2. The largest absolute Gasteiger partial charge is 0.361 e. The van der Waals surface area contributed by atoms with Gasteiger partial charge in [-0.3, -0.25) is 9.80 Å². The SMILES string of the molecule is [N-]=[N+]=NCC1=C(C(=O)N(N)C(CN=O)CN=O)N2C=CC=C(N=O)C2N1. The molecule has 0 aromatic carbocycles. The zero-order chi connectivity index (χ0) is 19.1. The lowest BCUT2D eigenvalue weighted by Gasteiger charge is -2.30. The Labute approximate surface area is 145 Å². The first-order valence-corrected chi connectivity index (χ1v) is 7.26. The van der Waals surface area contributed by atoms with Crippen LogP contribution in [-0.4, -0.2) is 47.7 Å². The minimum Gasteiger partial charge on any atom is -0.361 e. The molecule has 0 saturated carbocycles. The molecule has 14 nitrogen and oxygen atoms in total. The van der Waals surface area contributed by atoms with Gasteiger partial charge < -0.3 is 10.2 Å². The number of hydrazine groups is 1. The predicted molar refractivity (Wildman–Crippen MR) is 89.0 cm³/mol. The van der Waals surface area contributed by atoms with Crippen LogP contribution in [-0.2, 0) is 4.79 Å². The maximum atomic E-state index is 12.8. The summed E-state index contributed by atoms with van der Waals surface area (Å²) in [6.45, 7) is -1.08. The number of nitrogens with zero attached hydrogens (tertiary/aromatic N) is 8. The van der Waals surface area contributed by atoms with Crippen LogP contribution < -0.4 is 11.2 Å². The second kappa shape index (κ2) is 8.46. The van der Waals surface area contributed by atoms with Gasteiger partial charge in [0, 0.05) is 16.8 Å². The fourth-order valence-corrected chi connectivity index (χ4v) is 2.53. The molecule has 3 N–H and O–H groups in total. The van der Waals surface area contributed by atoms with E-state index in [1.54, 1.807) is 0 Å². The molecule has 2 aliphatic heterocycles. The van der Waals surface area contributed by atoms with Crippen molar-refractivity contribution in [1.29, 1.82) is 0 Å². The highest BCUT2D eigenvalue weighted by Crippen LogP contribution is 2.29. The quantitative estimate of drug-likeness (QED) is 0.113. The number of carbonyl (C=O) groups excluding carboxylic acids is 1. The van der Waals surface area contributed by atoms with Crippen LogP contribution >= 0.6 is 0 Å². The van der Waals surface area contributed by atoms with Gasteiger partial charge >= 0.3 is 0 Å². The number of fused-ring (bicyclic) bond motifs is 1. The molecule has 14 heteroatoms. The van der Waals surface area contributed by atoms with E-state index in [9.17, 15) is 19.5 Å². The summed E-state index contributed by atoms with van der Waals surface area (Å²) in [7, 11) is 0. The Balaban J connectivity index is 2.38. The lowest BCUT2D eigenvalue weighted by Crippen LogP contribution is -2.51. The van der Waals surface area contributed by atoms with E-state index in [0.29, 0.717) is 5.01 Å². The fourth-order valence-electron chi connectivity index (χ4n) is 2.53. The molecular weight excluding hydrogens is 348 g/mol. The third-order valence-electron chi connectivity index (χ3n) is 3.73. The number of amides is 1. The Morgan fingerprint density at radius 1 is 1.38 bits per heavy atom. The minimum atomic E-state index is -1.04. The number of allylic oxidation sites excluding steroid dienone is 2. The third kappa shape index (κ3) is 3.55. The van der Waals surface area contributed by atoms with Crippen molar-refractivity contribution in [3.05, 3.63) is 60.6 Å². The summed E-state index contributed by atoms with van der Waals surface area (Å²) in [4.78, 5) is 48.9. The summed E-state index contributed by atoms with van der Waals surface area (Å²) >= 11 is 0. The fraction of sp³-hybridized carbons (Fsp3) is 0.417. The first-order valence-electron chi connectivity index (χ1n) is 7.26. The van der Waals surface area contributed by atoms with Gasteiger partial charge in [0.15, 0.2) is 6.17 Å². The summed E-state index contributed by atoms with van der Waals surface area (Å²) in [6, 6.07) is -1.04. The third-order valence-corrected chi connectivity index (χ3v) is 3.73. The first kappa shape index (κ1) is 18.7. The summed E-state index contributed by atoms with van der Waals surface area (Å²) < 4.78 is 0. The molecule has 1 atom stereocenters. The average molecular weight is 362 g/mol. The average Bonchev–Trinajstić information content (AvgIpc) is 3.03. The Morgan fingerprint density at radius 2 is 2.08 bits per heavy atom. The van der Waals surface area contributed by atoms with E-state index in [1.807, 2.05) is 0 Å². The molecule has 0 bridgehead atoms. The monoisotopic (exact) mass is 362 g/mol. The molecule has 0 aliphatic carbocycles. The van der Waals surface area contributed by atoms with Crippen molar-refractivity contribution in [3.8, 4) is 0 Å². The number of hydrogen-bond acceptors (Lipinski definition) is 11. The molecule has 2 aliphatic rings. The smallest absolute Gasteiger partial charge is 0.286 e. The lowest BCUT2D eigenvalue weighted by molar-refractivity contribution is -0.130. The van der Waals surface area contributed by atoms with Gasteiger partial charge in [-0.25, -0.2) is 5.84 Å². The van der Waals surface area contributed by atoms with Gasteiger partial charge in [-0.15, -0.1) is 4.91 Å². The Morgan fingerprint density at radius 3 is 2.65 bits per heavy atom. The lowest BCUT2D eigenvalue weighted by atomic mass is 10.2. The van der Waals surface area contributed by atoms with Gasteiger partial charge in [0.05, 0.1) is 12.6 Å². The highest BCUT2D eigenvalue weighted by molar-refractivity contribution is 5.94. The van der Waals surface area contributed by atoms with Crippen molar-refractivity contribution in [1.82, 2.24) is 15.2 Å². The van der Waals surface area contributed by atoms with E-state index in [-0.39, 0.29) is 23.6 Å². The highest BCUT2D eigenvalue weighted by atomic mass is 16.3. The minimum absolute atomic E-state index is 0.0165. The van der Waals surface area contributed by atoms with Crippen molar-refractivity contribution in [2.75, 3.05) is 19.6 Å². The van der Waals surface area contributed by atoms with E-state index in [1.165, 1.54) is 23.3 Å². The van der Waals surface area contributed by atoms with Crippen molar-refractivity contribution in [2.45, 2.75) is 12.2 Å². The second-order valence-electron chi connectivity index (χ2n) is 5.18. The molecule has 0 aromatic heterocycles. The summed E-state index contributed by atoms with van der Waals surface area (Å²) in [5.74, 6) is 4.98. The number of hydrogen-bond donors (Lipinski definition) is 2. The molecule has 0 saturated heterocycles. The number of carbonyl (C=O) groups is 1. The van der Waals surface area contributed by atoms with E-state index >= 15 is 0 Å². The van der Waals surface area contributed by atoms with Crippen molar-refractivity contribution < 1.29 is 4.79 Å². The summed E-state index contributed by atoms with van der Waals surface area (Å²) in [6.07, 6.45) is 3.67. The van der Waals surface area contributed by atoms with Crippen LogP contribution in [0, 0.1) is 14.7 Å². The molecule has 26 heavy (non-hydrogen) atoms. The second-order valence-corrected chi connectivity index (χ2v) is 5.18. The van der Waals surface area contributed by atoms with Crippen molar-refractivity contribution >= 4 is 5.91 Å². The number of nitrogens with one attached hydrogen (secondary N) is 1. The number of nitrogens with two attached hydrogens (primary N) is 1. The normalized spacial score (nSPS) is 17.8. The van der Waals surface area contributed by atoms with Crippen LogP contribution in [0.2, 0.25) is 0 Å². The molecule has 2 heterocycles. The van der Waals surface area contributed by atoms with Gasteiger partial charge in [0.1, 0.15) is 24.5 Å². The number of nitroso groups, excluding NO2 is 3. The molecule has 0 aromatic rings. The topological polar surface area (TPSA) is 199 Å². The Kier molecular flexibility index (Phi) is 6.08. The van der Waals surface area contributed by atoms with Gasteiger partial charge in [0.2, 0.25) is 0 Å². The highest BCUT2D eigenvalue weighted by Gasteiger charge is 2.40. The van der Waals surface area contributed by atoms with E-state index < -0.39 is 31.2 Å². The zero-order valence-electron chi connectivity index (χ0n) is 13.3. The van der Waals surface area contributed by atoms with Crippen LogP contribution in [0.5, 0.6) is 0 Å². The van der Waals surface area contributed by atoms with Crippen LogP contribution in [0.3, 0.4) is 0 Å². The maximum absolute atomic E-state index is 12.8. The van der Waals surface area contributed by atoms with Gasteiger partial charge in [-0.1, -0.05) is 15.5 Å². The van der Waals surface area contributed by atoms with Gasteiger partial charge in [0.25, 0.3) is 5.91 Å². The Bertz CT molecular complexity index is 743. The van der Waals surface area contributed by atoms with Gasteiger partial charge in [-0.05, 0) is 22.9 Å². The molecular formula is C12H14N10O4. The molecule has 0 fully saturated rings. The number of azide groups is 1. The summed E-state index contributed by atoms with van der Waals surface area (Å²) in [5.41, 5.74) is 8.81. The van der Waals surface area contributed by atoms with Gasteiger partial charge in [-0.2, -0.15) is 9.81 Å². The van der Waals surface area contributed by atoms with Crippen LogP contribution in [0.15, 0.2) is 56.1 Å². The molecule has 2 rings (SSSR count). The molecule has 0 spiro atoms. The van der Waals surface area contributed by atoms with Crippen LogP contribution in [0.1, 0.15) is 0 Å². The molecule has 136 valence electrons. The van der Waals surface area contributed by atoms with E-state index in [0.717, 1.165) is 0 Å². The Hall–Kier alpha value is -3.64. The van der Waals surface area contributed by atoms with Crippen molar-refractivity contribution in [3.63, 3.8) is 0 Å². The van der Waals surface area contributed by atoms with Crippen LogP contribution in [0.4, 0.5) is 0 Å². The molecule has 1 unspecified atom stereocenters. The summed E-state index contributed by atoms with van der Waals surface area (Å²) in [5, 5.41) is 15.1. The van der Waals surface area contributed by atoms with Crippen molar-refractivity contribution in [2.24, 2.45) is 26.5 Å². The van der Waals surface area contributed by atoms with E-state index in [2.05, 4.69) is 30.9 Å². The first-order chi connectivity index (χ1) is 12.6.